The summed E-state index contributed by atoms with van der Waals surface area (Å²) < 4.78 is 26.1. The van der Waals surface area contributed by atoms with Crippen molar-refractivity contribution in [2.24, 2.45) is 0 Å². The molecule has 9 heteroatoms. The Balaban J connectivity index is 1.60. The van der Waals surface area contributed by atoms with Crippen LogP contribution in [0.2, 0.25) is 5.02 Å². The molecule has 0 atom stereocenters. The van der Waals surface area contributed by atoms with Crippen LogP contribution in [0.1, 0.15) is 18.1 Å². The molecule has 3 aromatic carbocycles. The number of rotatable bonds is 7. The van der Waals surface area contributed by atoms with E-state index in [1.165, 1.54) is 6.07 Å². The highest BCUT2D eigenvalue weighted by atomic mass is 79.9. The lowest BCUT2D eigenvalue weighted by molar-refractivity contribution is -0.113. The first-order valence-corrected chi connectivity index (χ1v) is 11.5. The molecular formula is C25H19BrClFN2O4. The van der Waals surface area contributed by atoms with Gasteiger partial charge in [-0.3, -0.25) is 4.79 Å². The number of ether oxygens (including phenoxy) is 2. The van der Waals surface area contributed by atoms with Crippen LogP contribution in [-0.4, -0.2) is 18.5 Å². The molecule has 1 aliphatic heterocycles. The molecule has 0 bridgehead atoms. The van der Waals surface area contributed by atoms with Crippen LogP contribution in [0.5, 0.6) is 11.5 Å². The first-order chi connectivity index (χ1) is 16.4. The Morgan fingerprint density at radius 3 is 2.53 bits per heavy atom. The molecule has 0 saturated carbocycles. The fourth-order valence-corrected chi connectivity index (χ4v) is 4.07. The largest absolute Gasteiger partial charge is 0.490 e. The van der Waals surface area contributed by atoms with E-state index in [2.05, 4.69) is 21.2 Å². The summed E-state index contributed by atoms with van der Waals surface area (Å²) in [4.78, 5) is 26.4. The van der Waals surface area contributed by atoms with Crippen LogP contribution in [0.15, 0.2) is 70.8 Å². The van der Waals surface area contributed by atoms with E-state index >= 15 is 0 Å². The van der Waals surface area contributed by atoms with Gasteiger partial charge in [-0.2, -0.15) is 0 Å². The number of urea groups is 1. The van der Waals surface area contributed by atoms with Gasteiger partial charge in [0.1, 0.15) is 18.1 Å². The molecule has 0 radical (unpaired) electrons. The average Bonchev–Trinajstić information content (AvgIpc) is 3.08. The Morgan fingerprint density at radius 2 is 1.82 bits per heavy atom. The van der Waals surface area contributed by atoms with Crippen LogP contribution in [0, 0.1) is 5.82 Å². The second-order valence-corrected chi connectivity index (χ2v) is 8.54. The third-order valence-corrected chi connectivity index (χ3v) is 5.78. The van der Waals surface area contributed by atoms with Gasteiger partial charge in [0.15, 0.2) is 11.5 Å². The van der Waals surface area contributed by atoms with Gasteiger partial charge in [-0.1, -0.05) is 29.8 Å². The normalized spacial score (nSPS) is 14.5. The van der Waals surface area contributed by atoms with Crippen molar-refractivity contribution in [2.75, 3.05) is 11.5 Å². The molecule has 0 unspecified atom stereocenters. The number of carbonyl (C=O) groups is 2. The lowest BCUT2D eigenvalue weighted by Crippen LogP contribution is -2.30. The molecule has 174 valence electrons. The fourth-order valence-electron chi connectivity index (χ4n) is 3.37. The van der Waals surface area contributed by atoms with Crippen molar-refractivity contribution in [3.05, 3.63) is 92.8 Å². The zero-order valence-electron chi connectivity index (χ0n) is 18.0. The number of nitrogens with one attached hydrogen (secondary N) is 1. The number of hydrogen-bond acceptors (Lipinski definition) is 4. The predicted octanol–water partition coefficient (Wildman–Crippen LogP) is 6.32. The van der Waals surface area contributed by atoms with Crippen LogP contribution in [0.25, 0.3) is 6.08 Å². The average molecular weight is 546 g/mol. The Morgan fingerprint density at radius 1 is 1.09 bits per heavy atom. The number of nitrogens with zero attached hydrogens (tertiary/aromatic N) is 1. The Bertz CT molecular complexity index is 1280. The fraction of sp³-hybridized carbons (Fsp3) is 0.120. The lowest BCUT2D eigenvalue weighted by Gasteiger charge is -2.15. The van der Waals surface area contributed by atoms with Crippen molar-refractivity contribution in [3.8, 4) is 11.5 Å². The van der Waals surface area contributed by atoms with E-state index < -0.39 is 11.9 Å². The smallest absolute Gasteiger partial charge is 0.333 e. The molecule has 34 heavy (non-hydrogen) atoms. The summed E-state index contributed by atoms with van der Waals surface area (Å²) in [7, 11) is 0. The number of imide groups is 1. The van der Waals surface area contributed by atoms with E-state index in [1.807, 2.05) is 6.92 Å². The summed E-state index contributed by atoms with van der Waals surface area (Å²) in [6.07, 6.45) is 1.55. The summed E-state index contributed by atoms with van der Waals surface area (Å²) in [6, 6.07) is 15.6. The molecule has 4 rings (SSSR count). The minimum atomic E-state index is -0.562. The molecular weight excluding hydrogens is 527 g/mol. The Hall–Kier alpha value is -3.36. The zero-order chi connectivity index (χ0) is 24.2. The van der Waals surface area contributed by atoms with Gasteiger partial charge in [0.2, 0.25) is 0 Å². The number of amides is 3. The summed E-state index contributed by atoms with van der Waals surface area (Å²) in [5, 5.41) is 3.09. The first-order valence-electron chi connectivity index (χ1n) is 10.3. The van der Waals surface area contributed by atoms with E-state index in [0.29, 0.717) is 44.4 Å². The summed E-state index contributed by atoms with van der Waals surface area (Å²) in [5.74, 6) is -0.0526. The van der Waals surface area contributed by atoms with Crippen molar-refractivity contribution in [3.63, 3.8) is 0 Å². The molecule has 1 N–H and O–H groups in total. The van der Waals surface area contributed by atoms with Gasteiger partial charge < -0.3 is 14.8 Å². The van der Waals surface area contributed by atoms with Crippen LogP contribution >= 0.6 is 27.5 Å². The highest BCUT2D eigenvalue weighted by molar-refractivity contribution is 9.10. The maximum absolute atomic E-state index is 14.0. The van der Waals surface area contributed by atoms with Crippen molar-refractivity contribution < 1.29 is 23.5 Å². The molecule has 1 saturated heterocycles. The van der Waals surface area contributed by atoms with Crippen LogP contribution in [-0.2, 0) is 11.4 Å². The molecule has 0 spiro atoms. The van der Waals surface area contributed by atoms with Gasteiger partial charge in [-0.05, 0) is 77.0 Å². The minimum Gasteiger partial charge on any atom is -0.490 e. The maximum atomic E-state index is 14.0. The number of carbonyl (C=O) groups excluding carboxylic acids is 2. The van der Waals surface area contributed by atoms with Gasteiger partial charge >= 0.3 is 6.03 Å². The van der Waals surface area contributed by atoms with E-state index in [9.17, 15) is 14.0 Å². The second-order valence-electron chi connectivity index (χ2n) is 7.25. The molecule has 3 amide bonds. The number of hydrogen-bond donors (Lipinski definition) is 1. The highest BCUT2D eigenvalue weighted by Gasteiger charge is 2.34. The lowest BCUT2D eigenvalue weighted by atomic mass is 10.1. The standard InChI is InChI=1S/C25H19BrClFN2O4/c1-2-33-22-13-15(11-19(26)23(22)34-14-16-5-3-4-6-20(16)28)12-21-24(31)30(25(32)29-21)18-9-7-17(27)8-10-18/h3-13H,2,14H2,1H3,(H,29,32)/b21-12+. The summed E-state index contributed by atoms with van der Waals surface area (Å²) in [6.45, 7) is 2.20. The Kier molecular flexibility index (Phi) is 7.19. The third kappa shape index (κ3) is 5.08. The topological polar surface area (TPSA) is 67.9 Å². The van der Waals surface area contributed by atoms with Gasteiger partial charge in [0.25, 0.3) is 5.91 Å². The maximum Gasteiger partial charge on any atom is 0.333 e. The number of benzene rings is 3. The van der Waals surface area contributed by atoms with E-state index in [1.54, 1.807) is 60.7 Å². The van der Waals surface area contributed by atoms with E-state index in [4.69, 9.17) is 21.1 Å². The number of anilines is 1. The van der Waals surface area contributed by atoms with Crippen LogP contribution in [0.3, 0.4) is 0 Å². The van der Waals surface area contributed by atoms with Crippen LogP contribution < -0.4 is 19.7 Å². The minimum absolute atomic E-state index is 0.0103. The molecule has 0 aliphatic carbocycles. The van der Waals surface area contributed by atoms with Crippen LogP contribution in [0.4, 0.5) is 14.9 Å². The molecule has 6 nitrogen and oxygen atoms in total. The third-order valence-electron chi connectivity index (χ3n) is 4.94. The Labute approximate surface area is 209 Å². The highest BCUT2D eigenvalue weighted by Crippen LogP contribution is 2.38. The van der Waals surface area contributed by atoms with E-state index in [-0.39, 0.29) is 18.1 Å². The SMILES string of the molecule is CCOc1cc(/C=C2/NC(=O)N(c3ccc(Cl)cc3)C2=O)cc(Br)c1OCc1ccccc1F. The molecule has 1 aliphatic rings. The van der Waals surface area contributed by atoms with Crippen molar-refractivity contribution in [1.29, 1.82) is 0 Å². The summed E-state index contributed by atoms with van der Waals surface area (Å²) >= 11 is 9.37. The summed E-state index contributed by atoms with van der Waals surface area (Å²) in [5.41, 5.74) is 1.51. The quantitative estimate of drug-likeness (QED) is 0.279. The first kappa shape index (κ1) is 23.8. The van der Waals surface area contributed by atoms with Gasteiger partial charge in [0, 0.05) is 10.6 Å². The zero-order valence-corrected chi connectivity index (χ0v) is 20.3. The monoisotopic (exact) mass is 544 g/mol. The molecule has 1 heterocycles. The van der Waals surface area contributed by atoms with Gasteiger partial charge in [-0.25, -0.2) is 14.1 Å². The van der Waals surface area contributed by atoms with Gasteiger partial charge in [0.05, 0.1) is 16.8 Å². The second kappa shape index (κ2) is 10.3. The van der Waals surface area contributed by atoms with Crippen molar-refractivity contribution >= 4 is 51.2 Å². The van der Waals surface area contributed by atoms with E-state index in [0.717, 1.165) is 4.90 Å². The van der Waals surface area contributed by atoms with Crippen molar-refractivity contribution in [2.45, 2.75) is 13.5 Å². The number of halogens is 3. The molecule has 0 aromatic heterocycles. The van der Waals surface area contributed by atoms with Gasteiger partial charge in [-0.15, -0.1) is 0 Å². The molecule has 1 fully saturated rings. The van der Waals surface area contributed by atoms with Crippen molar-refractivity contribution in [1.82, 2.24) is 5.32 Å². The molecule has 3 aromatic rings. The predicted molar refractivity (Wildman–Crippen MR) is 131 cm³/mol.